The molecule has 0 amide bonds. The lowest BCUT2D eigenvalue weighted by molar-refractivity contribution is -0.137. The Morgan fingerprint density at radius 3 is 2.50 bits per heavy atom. The summed E-state index contributed by atoms with van der Waals surface area (Å²) in [6, 6.07) is 3.83. The van der Waals surface area contributed by atoms with E-state index in [4.69, 9.17) is 14.6 Å². The number of aryl methyl sites for hydroxylation is 1. The summed E-state index contributed by atoms with van der Waals surface area (Å²) in [5.41, 5.74) is 2.24. The maximum absolute atomic E-state index is 10.4. The van der Waals surface area contributed by atoms with Crippen LogP contribution in [0.25, 0.3) is 0 Å². The number of carbonyl (C=O) groups is 1. The monoisotopic (exact) mass is 252 g/mol. The van der Waals surface area contributed by atoms with Crippen LogP contribution < -0.4 is 9.47 Å². The molecule has 0 aliphatic carbocycles. The number of carboxylic acid groups (broad SMARTS) is 1. The number of methoxy groups -OCH3 is 2. The van der Waals surface area contributed by atoms with Gasteiger partial charge in [0.2, 0.25) is 0 Å². The maximum atomic E-state index is 10.4. The van der Waals surface area contributed by atoms with Crippen LogP contribution in [0.4, 0.5) is 0 Å². The average Bonchev–Trinajstić information content (AvgIpc) is 2.34. The Hall–Kier alpha value is -1.71. The molecule has 18 heavy (non-hydrogen) atoms. The summed E-state index contributed by atoms with van der Waals surface area (Å²) in [7, 11) is 3.26. The quantitative estimate of drug-likeness (QED) is 0.758. The third-order valence-electron chi connectivity index (χ3n) is 2.93. The Morgan fingerprint density at radius 2 is 1.94 bits per heavy atom. The topological polar surface area (TPSA) is 55.8 Å². The number of benzene rings is 1. The van der Waals surface area contributed by atoms with Crippen molar-refractivity contribution in [2.45, 2.75) is 32.6 Å². The largest absolute Gasteiger partial charge is 0.497 e. The van der Waals surface area contributed by atoms with Gasteiger partial charge in [-0.1, -0.05) is 0 Å². The number of aliphatic carboxylic acids is 1. The minimum absolute atomic E-state index is 0.220. The summed E-state index contributed by atoms with van der Waals surface area (Å²) in [5, 5.41) is 8.59. The van der Waals surface area contributed by atoms with Crippen LogP contribution in [0.2, 0.25) is 0 Å². The molecule has 0 saturated carbocycles. The number of ether oxygens (including phenoxy) is 2. The zero-order valence-electron chi connectivity index (χ0n) is 11.2. The summed E-state index contributed by atoms with van der Waals surface area (Å²) in [6.07, 6.45) is 2.57. The number of unbranched alkanes of at least 4 members (excludes halogenated alkanes) is 1. The van der Waals surface area contributed by atoms with E-state index in [0.717, 1.165) is 35.5 Å². The van der Waals surface area contributed by atoms with Crippen LogP contribution in [0.15, 0.2) is 12.1 Å². The van der Waals surface area contributed by atoms with Gasteiger partial charge in [0.05, 0.1) is 14.2 Å². The summed E-state index contributed by atoms with van der Waals surface area (Å²) >= 11 is 0. The zero-order valence-corrected chi connectivity index (χ0v) is 11.2. The van der Waals surface area contributed by atoms with Crippen molar-refractivity contribution in [2.24, 2.45) is 0 Å². The molecule has 0 aliphatic heterocycles. The second-order valence-electron chi connectivity index (χ2n) is 4.23. The lowest BCUT2D eigenvalue weighted by atomic mass is 10.0. The molecule has 1 aromatic carbocycles. The highest BCUT2D eigenvalue weighted by molar-refractivity contribution is 5.66. The molecule has 4 nitrogen and oxygen atoms in total. The average molecular weight is 252 g/mol. The maximum Gasteiger partial charge on any atom is 0.303 e. The van der Waals surface area contributed by atoms with Crippen molar-refractivity contribution < 1.29 is 19.4 Å². The van der Waals surface area contributed by atoms with Crippen LogP contribution in [0.1, 0.15) is 30.4 Å². The van der Waals surface area contributed by atoms with Gasteiger partial charge in [-0.3, -0.25) is 4.79 Å². The van der Waals surface area contributed by atoms with Gasteiger partial charge in [-0.2, -0.15) is 0 Å². The first kappa shape index (κ1) is 14.4. The van der Waals surface area contributed by atoms with E-state index in [2.05, 4.69) is 0 Å². The van der Waals surface area contributed by atoms with E-state index >= 15 is 0 Å². The van der Waals surface area contributed by atoms with E-state index in [1.54, 1.807) is 14.2 Å². The number of hydrogen-bond acceptors (Lipinski definition) is 3. The van der Waals surface area contributed by atoms with Crippen molar-refractivity contribution in [3.05, 3.63) is 23.3 Å². The molecule has 0 bridgehead atoms. The van der Waals surface area contributed by atoms with Crippen LogP contribution >= 0.6 is 0 Å². The molecule has 1 rings (SSSR count). The fourth-order valence-electron chi connectivity index (χ4n) is 1.95. The predicted octanol–water partition coefficient (Wildman–Crippen LogP) is 2.81. The molecular formula is C14H20O4. The van der Waals surface area contributed by atoms with E-state index in [0.29, 0.717) is 6.42 Å². The van der Waals surface area contributed by atoms with Gasteiger partial charge in [0.15, 0.2) is 0 Å². The van der Waals surface area contributed by atoms with Gasteiger partial charge >= 0.3 is 5.97 Å². The smallest absolute Gasteiger partial charge is 0.303 e. The van der Waals surface area contributed by atoms with Crippen molar-refractivity contribution in [1.82, 2.24) is 0 Å². The molecule has 0 atom stereocenters. The molecular weight excluding hydrogens is 232 g/mol. The zero-order chi connectivity index (χ0) is 13.5. The van der Waals surface area contributed by atoms with E-state index in [-0.39, 0.29) is 6.42 Å². The second kappa shape index (κ2) is 6.89. The van der Waals surface area contributed by atoms with Gasteiger partial charge in [-0.15, -0.1) is 0 Å². The van der Waals surface area contributed by atoms with Crippen molar-refractivity contribution in [2.75, 3.05) is 14.2 Å². The van der Waals surface area contributed by atoms with Crippen molar-refractivity contribution >= 4 is 5.97 Å². The highest BCUT2D eigenvalue weighted by Gasteiger charge is 2.09. The highest BCUT2D eigenvalue weighted by atomic mass is 16.5. The molecule has 0 aliphatic rings. The summed E-state index contributed by atoms with van der Waals surface area (Å²) in [5.74, 6) is 0.842. The normalized spacial score (nSPS) is 10.2. The number of hydrogen-bond donors (Lipinski definition) is 1. The molecule has 0 radical (unpaired) electrons. The Bertz CT molecular complexity index is 413. The summed E-state index contributed by atoms with van der Waals surface area (Å²) < 4.78 is 10.5. The van der Waals surface area contributed by atoms with E-state index in [1.165, 1.54) is 0 Å². The van der Waals surface area contributed by atoms with Crippen LogP contribution in [0.3, 0.4) is 0 Å². The highest BCUT2D eigenvalue weighted by Crippen LogP contribution is 2.29. The van der Waals surface area contributed by atoms with E-state index < -0.39 is 5.97 Å². The molecule has 0 spiro atoms. The standard InChI is InChI=1S/C14H20O4/c1-10-8-11(17-2)9-13(18-3)12(10)6-4-5-7-14(15)16/h8-9H,4-7H2,1-3H3,(H,15,16). The lowest BCUT2D eigenvalue weighted by Gasteiger charge is -2.13. The summed E-state index contributed by atoms with van der Waals surface area (Å²) in [4.78, 5) is 10.4. The molecule has 0 heterocycles. The summed E-state index contributed by atoms with van der Waals surface area (Å²) in [6.45, 7) is 2.01. The minimum Gasteiger partial charge on any atom is -0.497 e. The van der Waals surface area contributed by atoms with Gasteiger partial charge in [0, 0.05) is 12.5 Å². The van der Waals surface area contributed by atoms with Gasteiger partial charge in [-0.05, 0) is 43.4 Å². The molecule has 100 valence electrons. The Labute approximate surface area is 108 Å². The second-order valence-corrected chi connectivity index (χ2v) is 4.23. The molecule has 0 unspecified atom stereocenters. The molecule has 4 heteroatoms. The fraction of sp³-hybridized carbons (Fsp3) is 0.500. The van der Waals surface area contributed by atoms with Gasteiger partial charge in [0.1, 0.15) is 11.5 Å². The first-order valence-corrected chi connectivity index (χ1v) is 6.01. The molecule has 1 N–H and O–H groups in total. The first-order valence-electron chi connectivity index (χ1n) is 6.01. The SMILES string of the molecule is COc1cc(C)c(CCCCC(=O)O)c(OC)c1. The van der Waals surface area contributed by atoms with Gasteiger partial charge < -0.3 is 14.6 Å². The van der Waals surface area contributed by atoms with Gasteiger partial charge in [0.25, 0.3) is 0 Å². The predicted molar refractivity (Wildman–Crippen MR) is 69.5 cm³/mol. The molecule has 0 fully saturated rings. The van der Waals surface area contributed by atoms with Crippen LogP contribution in [0, 0.1) is 6.92 Å². The lowest BCUT2D eigenvalue weighted by Crippen LogP contribution is -1.99. The van der Waals surface area contributed by atoms with Crippen molar-refractivity contribution in [1.29, 1.82) is 0 Å². The Morgan fingerprint density at radius 1 is 1.22 bits per heavy atom. The Balaban J connectivity index is 2.72. The molecule has 1 aromatic rings. The third-order valence-corrected chi connectivity index (χ3v) is 2.93. The molecule has 0 saturated heterocycles. The van der Waals surface area contributed by atoms with Crippen molar-refractivity contribution in [3.63, 3.8) is 0 Å². The van der Waals surface area contributed by atoms with Crippen LogP contribution in [-0.2, 0) is 11.2 Å². The van der Waals surface area contributed by atoms with Crippen LogP contribution in [-0.4, -0.2) is 25.3 Å². The van der Waals surface area contributed by atoms with Gasteiger partial charge in [-0.25, -0.2) is 0 Å². The fourth-order valence-corrected chi connectivity index (χ4v) is 1.95. The van der Waals surface area contributed by atoms with Crippen molar-refractivity contribution in [3.8, 4) is 11.5 Å². The Kier molecular flexibility index (Phi) is 5.49. The minimum atomic E-state index is -0.742. The van der Waals surface area contributed by atoms with E-state index in [1.807, 2.05) is 19.1 Å². The van der Waals surface area contributed by atoms with E-state index in [9.17, 15) is 4.79 Å². The number of carboxylic acids is 1. The first-order chi connectivity index (χ1) is 8.58. The number of rotatable bonds is 7. The van der Waals surface area contributed by atoms with Crippen LogP contribution in [0.5, 0.6) is 11.5 Å². The molecule has 0 aromatic heterocycles. The third kappa shape index (κ3) is 3.95.